The molecule has 0 aliphatic heterocycles. The number of para-hydroxylation sites is 1. The zero-order chi connectivity index (χ0) is 21.5. The number of pyridine rings is 1. The summed E-state index contributed by atoms with van der Waals surface area (Å²) < 4.78 is 7.01. The molecule has 2 aromatic carbocycles. The van der Waals surface area contributed by atoms with Crippen LogP contribution >= 0.6 is 0 Å². The number of aromatic nitrogens is 4. The molecule has 0 atom stereocenters. The highest BCUT2D eigenvalue weighted by Crippen LogP contribution is 2.23. The molecule has 7 nitrogen and oxygen atoms in total. The van der Waals surface area contributed by atoms with Gasteiger partial charge in [0.25, 0.3) is 0 Å². The summed E-state index contributed by atoms with van der Waals surface area (Å²) in [6.07, 6.45) is 0.102. The van der Waals surface area contributed by atoms with E-state index in [1.165, 1.54) is 0 Å². The molecule has 3 heterocycles. The number of fused-ring (bicyclic) bond motifs is 2. The number of rotatable bonds is 4. The first-order valence-corrected chi connectivity index (χ1v) is 10.1. The van der Waals surface area contributed by atoms with Crippen molar-refractivity contribution in [3.8, 4) is 5.82 Å². The molecule has 1 amide bonds. The molecule has 0 fully saturated rings. The molecular weight excluding hydrogens is 390 g/mol. The van der Waals surface area contributed by atoms with Crippen molar-refractivity contribution in [1.82, 2.24) is 19.9 Å². The number of anilines is 1. The zero-order valence-electron chi connectivity index (χ0n) is 17.5. The maximum absolute atomic E-state index is 12.8. The average molecular weight is 411 g/mol. The van der Waals surface area contributed by atoms with Crippen LogP contribution in [0, 0.1) is 20.8 Å². The van der Waals surface area contributed by atoms with Crippen LogP contribution in [-0.2, 0) is 11.2 Å². The fraction of sp³-hybridized carbons (Fsp3) is 0.167. The van der Waals surface area contributed by atoms with Crippen molar-refractivity contribution in [2.24, 2.45) is 0 Å². The lowest BCUT2D eigenvalue weighted by atomic mass is 10.1. The largest absolute Gasteiger partial charge is 0.356 e. The number of carbonyl (C=O) groups is 1. The van der Waals surface area contributed by atoms with Crippen LogP contribution < -0.4 is 5.32 Å². The lowest BCUT2D eigenvalue weighted by Crippen LogP contribution is -2.17. The molecule has 0 aliphatic carbocycles. The molecule has 154 valence electrons. The lowest BCUT2D eigenvalue weighted by Gasteiger charge is -2.10. The van der Waals surface area contributed by atoms with Crippen LogP contribution in [0.3, 0.4) is 0 Å². The molecule has 0 aliphatic rings. The van der Waals surface area contributed by atoms with Gasteiger partial charge in [-0.05, 0) is 50.6 Å². The number of hydrogen-bond donors (Lipinski definition) is 1. The highest BCUT2D eigenvalue weighted by atomic mass is 16.5. The maximum Gasteiger partial charge on any atom is 0.231 e. The van der Waals surface area contributed by atoms with Gasteiger partial charge in [-0.15, -0.1) is 0 Å². The van der Waals surface area contributed by atoms with Crippen LogP contribution in [0.5, 0.6) is 0 Å². The second-order valence-electron chi connectivity index (χ2n) is 7.75. The second-order valence-corrected chi connectivity index (χ2v) is 7.75. The average Bonchev–Trinajstić information content (AvgIpc) is 3.30. The highest BCUT2D eigenvalue weighted by molar-refractivity contribution is 5.94. The first kappa shape index (κ1) is 19.0. The van der Waals surface area contributed by atoms with Gasteiger partial charge < -0.3 is 9.84 Å². The molecule has 5 rings (SSSR count). The van der Waals surface area contributed by atoms with Crippen molar-refractivity contribution >= 4 is 33.6 Å². The summed E-state index contributed by atoms with van der Waals surface area (Å²) in [6, 6.07) is 17.6. The number of aryl methyl sites for hydroxylation is 3. The van der Waals surface area contributed by atoms with Gasteiger partial charge in [-0.1, -0.05) is 35.0 Å². The van der Waals surface area contributed by atoms with Gasteiger partial charge in [0.05, 0.1) is 17.6 Å². The standard InChI is InChI=1S/C24H21N5O2/c1-14-8-9-21-18(10-14)20(28-31-21)13-24(30)26-23-12-16(3)27-29(23)22-11-15(2)17-6-4-5-7-19(17)25-22/h4-12H,13H2,1-3H3,(H,26,30). The summed E-state index contributed by atoms with van der Waals surface area (Å²) in [6.45, 7) is 5.92. The predicted octanol–water partition coefficient (Wildman–Crippen LogP) is 4.67. The normalized spacial score (nSPS) is 11.3. The third kappa shape index (κ3) is 3.54. The molecule has 1 N–H and O–H groups in total. The minimum atomic E-state index is -0.199. The first-order chi connectivity index (χ1) is 15.0. The van der Waals surface area contributed by atoms with E-state index in [0.29, 0.717) is 22.9 Å². The van der Waals surface area contributed by atoms with E-state index >= 15 is 0 Å². The van der Waals surface area contributed by atoms with Gasteiger partial charge in [0.15, 0.2) is 11.4 Å². The van der Waals surface area contributed by atoms with Gasteiger partial charge in [0.1, 0.15) is 11.5 Å². The van der Waals surface area contributed by atoms with Crippen molar-refractivity contribution in [3.05, 3.63) is 77.1 Å². The fourth-order valence-corrected chi connectivity index (χ4v) is 3.77. The Balaban J connectivity index is 1.45. The van der Waals surface area contributed by atoms with Crippen LogP contribution in [0.4, 0.5) is 5.82 Å². The van der Waals surface area contributed by atoms with E-state index in [1.807, 2.05) is 75.4 Å². The minimum Gasteiger partial charge on any atom is -0.356 e. The van der Waals surface area contributed by atoms with E-state index in [0.717, 1.165) is 33.1 Å². The summed E-state index contributed by atoms with van der Waals surface area (Å²) in [5.41, 5.74) is 5.13. The molecule has 0 bridgehead atoms. The Morgan fingerprint density at radius 3 is 2.74 bits per heavy atom. The molecule has 0 radical (unpaired) electrons. The molecule has 5 aromatic rings. The molecule has 0 unspecified atom stereocenters. The third-order valence-corrected chi connectivity index (χ3v) is 5.25. The number of benzene rings is 2. The summed E-state index contributed by atoms with van der Waals surface area (Å²) in [5, 5.41) is 13.5. The predicted molar refractivity (Wildman–Crippen MR) is 119 cm³/mol. The Morgan fingerprint density at radius 1 is 1.03 bits per heavy atom. The van der Waals surface area contributed by atoms with Crippen LogP contribution in [-0.4, -0.2) is 25.8 Å². The molecule has 7 heteroatoms. The minimum absolute atomic E-state index is 0.102. The Hall–Kier alpha value is -4.00. The maximum atomic E-state index is 12.8. The van der Waals surface area contributed by atoms with Gasteiger partial charge in [0, 0.05) is 16.8 Å². The first-order valence-electron chi connectivity index (χ1n) is 10.1. The number of amides is 1. The Morgan fingerprint density at radius 2 is 1.87 bits per heavy atom. The van der Waals surface area contributed by atoms with Gasteiger partial charge >= 0.3 is 0 Å². The van der Waals surface area contributed by atoms with Crippen molar-refractivity contribution in [2.45, 2.75) is 27.2 Å². The molecule has 3 aromatic heterocycles. The Kier molecular flexibility index (Phi) is 4.51. The third-order valence-electron chi connectivity index (χ3n) is 5.25. The van der Waals surface area contributed by atoms with E-state index in [-0.39, 0.29) is 12.3 Å². The van der Waals surface area contributed by atoms with E-state index in [2.05, 4.69) is 15.6 Å². The topological polar surface area (TPSA) is 85.8 Å². The number of hydrogen-bond acceptors (Lipinski definition) is 5. The van der Waals surface area contributed by atoms with Crippen LogP contribution in [0.25, 0.3) is 27.7 Å². The quantitative estimate of drug-likeness (QED) is 0.465. The van der Waals surface area contributed by atoms with Gasteiger partial charge in [0.2, 0.25) is 5.91 Å². The van der Waals surface area contributed by atoms with Gasteiger partial charge in [-0.25, -0.2) is 4.98 Å². The van der Waals surface area contributed by atoms with Crippen molar-refractivity contribution in [1.29, 1.82) is 0 Å². The molecular formula is C24H21N5O2. The van der Waals surface area contributed by atoms with Crippen LogP contribution in [0.15, 0.2) is 59.1 Å². The van der Waals surface area contributed by atoms with E-state index in [9.17, 15) is 4.79 Å². The molecule has 0 saturated heterocycles. The fourth-order valence-electron chi connectivity index (χ4n) is 3.77. The lowest BCUT2D eigenvalue weighted by molar-refractivity contribution is -0.115. The summed E-state index contributed by atoms with van der Waals surface area (Å²) in [4.78, 5) is 17.6. The number of nitrogens with zero attached hydrogens (tertiary/aromatic N) is 4. The zero-order valence-corrected chi connectivity index (χ0v) is 17.5. The number of nitrogens with one attached hydrogen (secondary N) is 1. The molecule has 0 saturated carbocycles. The van der Waals surface area contributed by atoms with Crippen molar-refractivity contribution in [3.63, 3.8) is 0 Å². The summed E-state index contributed by atoms with van der Waals surface area (Å²) >= 11 is 0. The van der Waals surface area contributed by atoms with E-state index < -0.39 is 0 Å². The van der Waals surface area contributed by atoms with Crippen LogP contribution in [0.2, 0.25) is 0 Å². The van der Waals surface area contributed by atoms with Crippen molar-refractivity contribution in [2.75, 3.05) is 5.32 Å². The number of carbonyl (C=O) groups excluding carboxylic acids is 1. The van der Waals surface area contributed by atoms with E-state index in [4.69, 9.17) is 9.51 Å². The summed E-state index contributed by atoms with van der Waals surface area (Å²) in [5.74, 6) is 1.02. The van der Waals surface area contributed by atoms with Crippen LogP contribution in [0.1, 0.15) is 22.5 Å². The Labute approximate surface area is 178 Å². The smallest absolute Gasteiger partial charge is 0.231 e. The molecule has 31 heavy (non-hydrogen) atoms. The highest BCUT2D eigenvalue weighted by Gasteiger charge is 2.16. The SMILES string of the molecule is Cc1ccc2onc(CC(=O)Nc3cc(C)nn3-c3cc(C)c4ccccc4n3)c2c1. The van der Waals surface area contributed by atoms with E-state index in [1.54, 1.807) is 4.68 Å². The molecule has 0 spiro atoms. The van der Waals surface area contributed by atoms with Crippen molar-refractivity contribution < 1.29 is 9.32 Å². The van der Waals surface area contributed by atoms with Gasteiger partial charge in [-0.3, -0.25) is 4.79 Å². The summed E-state index contributed by atoms with van der Waals surface area (Å²) in [7, 11) is 0. The second kappa shape index (κ2) is 7.36. The Bertz CT molecular complexity index is 1450. The monoisotopic (exact) mass is 411 g/mol. The van der Waals surface area contributed by atoms with Gasteiger partial charge in [-0.2, -0.15) is 9.78 Å².